The van der Waals surface area contributed by atoms with Crippen molar-refractivity contribution in [2.24, 2.45) is 5.73 Å². The molecule has 1 saturated carbocycles. The lowest BCUT2D eigenvalue weighted by atomic mass is 10.1. The summed E-state index contributed by atoms with van der Waals surface area (Å²) in [5, 5.41) is 0. The Morgan fingerprint density at radius 1 is 1.28 bits per heavy atom. The average molecular weight is 402 g/mol. The summed E-state index contributed by atoms with van der Waals surface area (Å²) in [5.41, 5.74) is 6.42. The highest BCUT2D eigenvalue weighted by atomic mass is 19.1. The zero-order valence-electron chi connectivity index (χ0n) is 17.1. The molecule has 0 spiro atoms. The van der Waals surface area contributed by atoms with Gasteiger partial charge < -0.3 is 19.9 Å². The number of nitrogens with zero attached hydrogens (tertiary/aromatic N) is 3. The van der Waals surface area contributed by atoms with E-state index in [2.05, 4.69) is 4.98 Å². The smallest absolute Gasteiger partial charge is 0.329 e. The number of amides is 1. The van der Waals surface area contributed by atoms with Gasteiger partial charge >= 0.3 is 5.97 Å². The van der Waals surface area contributed by atoms with E-state index in [1.807, 2.05) is 25.3 Å². The van der Waals surface area contributed by atoms with Crippen LogP contribution in [0.1, 0.15) is 58.3 Å². The van der Waals surface area contributed by atoms with Gasteiger partial charge in [0.05, 0.1) is 23.1 Å². The summed E-state index contributed by atoms with van der Waals surface area (Å²) in [4.78, 5) is 30.4. The molecular formula is C21H27FN4O3. The van der Waals surface area contributed by atoms with Gasteiger partial charge in [0.25, 0.3) is 0 Å². The van der Waals surface area contributed by atoms with Crippen LogP contribution in [-0.4, -0.2) is 39.6 Å². The number of hydrogen-bond acceptors (Lipinski definition) is 5. The molecule has 1 atom stereocenters. The Labute approximate surface area is 169 Å². The van der Waals surface area contributed by atoms with Gasteiger partial charge in [-0.15, -0.1) is 0 Å². The largest absolute Gasteiger partial charge is 0.458 e. The van der Waals surface area contributed by atoms with Gasteiger partial charge in [-0.3, -0.25) is 4.79 Å². The number of imidazole rings is 1. The van der Waals surface area contributed by atoms with E-state index >= 15 is 4.39 Å². The van der Waals surface area contributed by atoms with Crippen LogP contribution in [-0.2, 0) is 20.7 Å². The van der Waals surface area contributed by atoms with Crippen LogP contribution in [0.5, 0.6) is 0 Å². The van der Waals surface area contributed by atoms with Gasteiger partial charge in [-0.2, -0.15) is 0 Å². The molecule has 156 valence electrons. The number of halogens is 1. The molecule has 0 radical (unpaired) electrons. The molecular weight excluding hydrogens is 375 g/mol. The summed E-state index contributed by atoms with van der Waals surface area (Å²) >= 11 is 0. The van der Waals surface area contributed by atoms with Crippen molar-refractivity contribution in [3.8, 4) is 0 Å². The average Bonchev–Trinajstić information content (AvgIpc) is 3.19. The number of fused-ring (bicyclic) bond motifs is 1. The Morgan fingerprint density at radius 3 is 2.62 bits per heavy atom. The highest BCUT2D eigenvalue weighted by molar-refractivity contribution is 5.86. The fraction of sp³-hybridized carbons (Fsp3) is 0.571. The summed E-state index contributed by atoms with van der Waals surface area (Å²) in [6.45, 7) is 6.06. The molecule has 4 rings (SSSR count). The highest BCUT2D eigenvalue weighted by Crippen LogP contribution is 2.40. The van der Waals surface area contributed by atoms with Crippen LogP contribution in [0, 0.1) is 5.82 Å². The van der Waals surface area contributed by atoms with Crippen molar-refractivity contribution in [3.05, 3.63) is 23.8 Å². The topological polar surface area (TPSA) is 90.5 Å². The van der Waals surface area contributed by atoms with Crippen molar-refractivity contribution in [2.45, 2.75) is 70.6 Å². The first-order valence-electron chi connectivity index (χ1n) is 10.1. The van der Waals surface area contributed by atoms with Crippen LogP contribution in [0.25, 0.3) is 11.0 Å². The number of carbonyl (C=O) groups is 2. The van der Waals surface area contributed by atoms with Gasteiger partial charge in [0.15, 0.2) is 0 Å². The normalized spacial score (nSPS) is 19.7. The van der Waals surface area contributed by atoms with Crippen molar-refractivity contribution < 1.29 is 18.7 Å². The SMILES string of the molecule is CC(C)(C)OC(=O)C1CCCN1c1cc2c(cc1F)nc(CC(N)=O)n2C1CC1. The van der Waals surface area contributed by atoms with Crippen LogP contribution in [0.15, 0.2) is 12.1 Å². The van der Waals surface area contributed by atoms with Crippen LogP contribution < -0.4 is 10.6 Å². The number of primary amides is 1. The molecule has 8 heteroatoms. The minimum Gasteiger partial charge on any atom is -0.458 e. The molecule has 2 N–H and O–H groups in total. The van der Waals surface area contributed by atoms with Crippen molar-refractivity contribution in [1.29, 1.82) is 0 Å². The lowest BCUT2D eigenvalue weighted by Gasteiger charge is -2.29. The number of benzene rings is 1. The van der Waals surface area contributed by atoms with E-state index in [1.54, 1.807) is 11.0 Å². The third-order valence-corrected chi connectivity index (χ3v) is 5.32. The molecule has 1 aromatic heterocycles. The van der Waals surface area contributed by atoms with E-state index in [4.69, 9.17) is 10.5 Å². The predicted octanol–water partition coefficient (Wildman–Crippen LogP) is 2.85. The van der Waals surface area contributed by atoms with E-state index in [1.165, 1.54) is 6.07 Å². The zero-order valence-corrected chi connectivity index (χ0v) is 17.1. The second-order valence-corrected chi connectivity index (χ2v) is 8.95. The minimum absolute atomic E-state index is 0.0202. The third-order valence-electron chi connectivity index (χ3n) is 5.32. The maximum atomic E-state index is 15.0. The molecule has 1 saturated heterocycles. The van der Waals surface area contributed by atoms with E-state index in [9.17, 15) is 9.59 Å². The molecule has 2 fully saturated rings. The number of carbonyl (C=O) groups excluding carboxylic acids is 2. The molecule has 1 aliphatic heterocycles. The summed E-state index contributed by atoms with van der Waals surface area (Å²) in [6, 6.07) is 2.89. The first-order chi connectivity index (χ1) is 13.6. The molecule has 2 heterocycles. The lowest BCUT2D eigenvalue weighted by Crippen LogP contribution is -2.41. The number of anilines is 1. The number of nitrogens with two attached hydrogens (primary N) is 1. The van der Waals surface area contributed by atoms with Crippen LogP contribution in [0.2, 0.25) is 0 Å². The van der Waals surface area contributed by atoms with Crippen LogP contribution in [0.3, 0.4) is 0 Å². The van der Waals surface area contributed by atoms with Gasteiger partial charge in [0, 0.05) is 18.7 Å². The van der Waals surface area contributed by atoms with Gasteiger partial charge in [-0.25, -0.2) is 14.2 Å². The molecule has 2 aromatic rings. The Balaban J connectivity index is 1.73. The second kappa shape index (κ2) is 7.00. The van der Waals surface area contributed by atoms with E-state index in [0.29, 0.717) is 30.0 Å². The van der Waals surface area contributed by atoms with Crippen molar-refractivity contribution in [2.75, 3.05) is 11.4 Å². The van der Waals surface area contributed by atoms with Gasteiger partial charge in [0.1, 0.15) is 23.3 Å². The van der Waals surface area contributed by atoms with Crippen LogP contribution in [0.4, 0.5) is 10.1 Å². The molecule has 2 aliphatic rings. The van der Waals surface area contributed by atoms with E-state index < -0.39 is 23.4 Å². The molecule has 0 bridgehead atoms. The second-order valence-electron chi connectivity index (χ2n) is 8.95. The quantitative estimate of drug-likeness (QED) is 0.777. The fourth-order valence-corrected chi connectivity index (χ4v) is 4.07. The van der Waals surface area contributed by atoms with Crippen molar-refractivity contribution in [1.82, 2.24) is 9.55 Å². The summed E-state index contributed by atoms with van der Waals surface area (Å²) in [5.74, 6) is -0.664. The monoisotopic (exact) mass is 402 g/mol. The lowest BCUT2D eigenvalue weighted by molar-refractivity contribution is -0.156. The molecule has 1 aliphatic carbocycles. The summed E-state index contributed by atoms with van der Waals surface area (Å²) in [6.07, 6.45) is 3.42. The number of esters is 1. The standard InChI is InChI=1S/C21H27FN4O3/c1-21(2,3)29-20(28)15-5-4-8-25(15)16-10-17-14(9-13(16)22)24-19(11-18(23)27)26(17)12-6-7-12/h9-10,12,15H,4-8,11H2,1-3H3,(H2,23,27). The minimum atomic E-state index is -0.595. The molecule has 1 unspecified atom stereocenters. The Kier molecular flexibility index (Phi) is 4.75. The number of aromatic nitrogens is 2. The first kappa shape index (κ1) is 19.7. The first-order valence-corrected chi connectivity index (χ1v) is 10.1. The maximum absolute atomic E-state index is 15.0. The number of hydrogen-bond donors (Lipinski definition) is 1. The molecule has 7 nitrogen and oxygen atoms in total. The Hall–Kier alpha value is -2.64. The summed E-state index contributed by atoms with van der Waals surface area (Å²) in [7, 11) is 0. The van der Waals surface area contributed by atoms with Gasteiger partial charge in [-0.1, -0.05) is 0 Å². The van der Waals surface area contributed by atoms with Crippen molar-refractivity contribution in [3.63, 3.8) is 0 Å². The predicted molar refractivity (Wildman–Crippen MR) is 107 cm³/mol. The third kappa shape index (κ3) is 3.93. The molecule has 1 amide bonds. The number of rotatable bonds is 5. The maximum Gasteiger partial charge on any atom is 0.329 e. The van der Waals surface area contributed by atoms with Crippen LogP contribution >= 0.6 is 0 Å². The van der Waals surface area contributed by atoms with Crippen molar-refractivity contribution >= 4 is 28.6 Å². The van der Waals surface area contributed by atoms with E-state index in [0.717, 1.165) is 24.8 Å². The van der Waals surface area contributed by atoms with Gasteiger partial charge in [0.2, 0.25) is 5.91 Å². The Morgan fingerprint density at radius 2 is 2.00 bits per heavy atom. The fourth-order valence-electron chi connectivity index (χ4n) is 4.07. The van der Waals surface area contributed by atoms with Gasteiger partial charge in [-0.05, 0) is 52.5 Å². The van der Waals surface area contributed by atoms with E-state index in [-0.39, 0.29) is 18.4 Å². The zero-order chi connectivity index (χ0) is 20.9. The summed E-state index contributed by atoms with van der Waals surface area (Å²) < 4.78 is 22.6. The molecule has 29 heavy (non-hydrogen) atoms. The molecule has 1 aromatic carbocycles. The Bertz CT molecular complexity index is 974. The highest BCUT2D eigenvalue weighted by Gasteiger charge is 2.36. The number of ether oxygens (including phenoxy) is 1.